The summed E-state index contributed by atoms with van der Waals surface area (Å²) in [5.74, 6) is 0.403. The van der Waals surface area contributed by atoms with Gasteiger partial charge in [-0.2, -0.15) is 5.26 Å². The van der Waals surface area contributed by atoms with E-state index in [2.05, 4.69) is 10.3 Å². The Balaban J connectivity index is 1.46. The molecule has 2 aliphatic heterocycles. The Morgan fingerprint density at radius 1 is 1.24 bits per heavy atom. The monoisotopic (exact) mass is 496 g/mol. The lowest BCUT2D eigenvalue weighted by molar-refractivity contribution is -0.117. The Hall–Kier alpha value is -3.29. The van der Waals surface area contributed by atoms with Gasteiger partial charge in [0.1, 0.15) is 17.4 Å². The molecule has 176 valence electrons. The largest absolute Gasteiger partial charge is 0.497 e. The van der Waals surface area contributed by atoms with Gasteiger partial charge < -0.3 is 15.0 Å². The summed E-state index contributed by atoms with van der Waals surface area (Å²) in [6.07, 6.45) is 1.87. The van der Waals surface area contributed by atoms with Crippen LogP contribution in [-0.2, 0) is 21.1 Å². The number of benzene rings is 2. The third kappa shape index (κ3) is 5.43. The molecule has 1 N–H and O–H groups in total. The highest BCUT2D eigenvalue weighted by atomic mass is 32.2. The van der Waals surface area contributed by atoms with Gasteiger partial charge in [-0.25, -0.2) is 13.4 Å². The number of amides is 1. The van der Waals surface area contributed by atoms with Crippen molar-refractivity contribution in [1.29, 1.82) is 5.26 Å². The van der Waals surface area contributed by atoms with Gasteiger partial charge in [-0.3, -0.25) is 4.79 Å². The lowest BCUT2D eigenvalue weighted by atomic mass is 10.1. The molecule has 2 heterocycles. The quantitative estimate of drug-likeness (QED) is 0.463. The molecule has 0 unspecified atom stereocenters. The highest BCUT2D eigenvalue weighted by Crippen LogP contribution is 2.40. The first-order chi connectivity index (χ1) is 16.4. The van der Waals surface area contributed by atoms with E-state index >= 15 is 0 Å². The van der Waals surface area contributed by atoms with Gasteiger partial charge in [-0.1, -0.05) is 42.1 Å². The number of sulfone groups is 1. The Morgan fingerprint density at radius 2 is 1.97 bits per heavy atom. The second-order valence-corrected chi connectivity index (χ2v) is 11.3. The maximum atomic E-state index is 12.5. The number of hydrogen-bond acceptors (Lipinski definition) is 7. The van der Waals surface area contributed by atoms with E-state index in [0.29, 0.717) is 18.1 Å². The maximum Gasteiger partial charge on any atom is 0.263 e. The van der Waals surface area contributed by atoms with Gasteiger partial charge in [-0.15, -0.1) is 0 Å². The number of rotatable bonds is 7. The van der Waals surface area contributed by atoms with E-state index in [0.717, 1.165) is 17.0 Å². The summed E-state index contributed by atoms with van der Waals surface area (Å²) in [5, 5.41) is 12.7. The van der Waals surface area contributed by atoms with Crippen LogP contribution in [-0.4, -0.2) is 55.9 Å². The van der Waals surface area contributed by atoms with Gasteiger partial charge in [0.05, 0.1) is 30.9 Å². The predicted molar refractivity (Wildman–Crippen MR) is 134 cm³/mol. The van der Waals surface area contributed by atoms with E-state index in [1.807, 2.05) is 65.6 Å². The van der Waals surface area contributed by atoms with Crippen molar-refractivity contribution in [2.45, 2.75) is 17.7 Å². The van der Waals surface area contributed by atoms with Crippen molar-refractivity contribution < 1.29 is 17.9 Å². The fourth-order valence-electron chi connectivity index (χ4n) is 3.93. The van der Waals surface area contributed by atoms with Gasteiger partial charge >= 0.3 is 0 Å². The molecule has 0 saturated carbocycles. The zero-order valence-corrected chi connectivity index (χ0v) is 20.2. The van der Waals surface area contributed by atoms with Crippen LogP contribution in [0.1, 0.15) is 5.56 Å². The van der Waals surface area contributed by atoms with Crippen LogP contribution in [0.15, 0.2) is 71.4 Å². The standard InChI is InChI=1S/C24H24N4O4S2/c1-32-20-9-7-17(8-10-20)11-12-26-23(29)18(13-25)14-27-24-28(19-5-3-2-4-6-19)21-15-34(30,31)16-22(21)33-24/h2-10,14,21-22H,11-12,15-16H2,1H3,(H,26,29)/b18-14+,27-24?/t21-,22+/m0/s1. The number of ether oxygens (including phenoxy) is 1. The molecule has 0 aromatic heterocycles. The zero-order chi connectivity index (χ0) is 24.1. The molecular formula is C24H24N4O4S2. The minimum atomic E-state index is -3.11. The Kier molecular flexibility index (Phi) is 7.24. The van der Waals surface area contributed by atoms with E-state index in [-0.39, 0.29) is 28.4 Å². The van der Waals surface area contributed by atoms with Gasteiger partial charge in [0.2, 0.25) is 0 Å². The molecule has 0 radical (unpaired) electrons. The number of carbonyl (C=O) groups is 1. The number of aliphatic imine (C=N–C) groups is 1. The summed E-state index contributed by atoms with van der Waals surface area (Å²) in [7, 11) is -1.51. The second-order valence-electron chi connectivity index (χ2n) is 7.93. The summed E-state index contributed by atoms with van der Waals surface area (Å²) in [6, 6.07) is 18.7. The number of para-hydroxylation sites is 1. The number of nitrogens with zero attached hydrogens (tertiary/aromatic N) is 3. The fourth-order valence-corrected chi connectivity index (χ4v) is 7.82. The van der Waals surface area contributed by atoms with Crippen LogP contribution in [0.5, 0.6) is 5.75 Å². The van der Waals surface area contributed by atoms with E-state index in [1.165, 1.54) is 18.0 Å². The fraction of sp³-hybridized carbons (Fsp3) is 0.292. The van der Waals surface area contributed by atoms with Gasteiger partial charge in [0.25, 0.3) is 5.91 Å². The molecule has 34 heavy (non-hydrogen) atoms. The lowest BCUT2D eigenvalue weighted by Crippen LogP contribution is -2.37. The van der Waals surface area contributed by atoms with Gasteiger partial charge in [0, 0.05) is 17.5 Å². The Morgan fingerprint density at radius 3 is 2.65 bits per heavy atom. The average Bonchev–Trinajstić information content (AvgIpc) is 3.31. The number of amidine groups is 1. The summed E-state index contributed by atoms with van der Waals surface area (Å²) in [5.41, 5.74) is 1.75. The second kappa shape index (κ2) is 10.3. The summed E-state index contributed by atoms with van der Waals surface area (Å²) < 4.78 is 29.5. The molecule has 0 bridgehead atoms. The first-order valence-corrected chi connectivity index (χ1v) is 13.4. The smallest absolute Gasteiger partial charge is 0.263 e. The van der Waals surface area contributed by atoms with Crippen molar-refractivity contribution in [3.63, 3.8) is 0 Å². The van der Waals surface area contributed by atoms with E-state index < -0.39 is 15.7 Å². The van der Waals surface area contributed by atoms with Crippen LogP contribution in [0.4, 0.5) is 5.69 Å². The Bertz CT molecular complexity index is 1250. The average molecular weight is 497 g/mol. The van der Waals surface area contributed by atoms with Crippen LogP contribution in [0.2, 0.25) is 0 Å². The molecule has 0 spiro atoms. The molecule has 0 aliphatic carbocycles. The van der Waals surface area contributed by atoms with Crippen molar-refractivity contribution in [3.8, 4) is 11.8 Å². The first-order valence-electron chi connectivity index (χ1n) is 10.7. The highest BCUT2D eigenvalue weighted by Gasteiger charge is 2.49. The number of anilines is 1. The molecule has 2 aromatic rings. The van der Waals surface area contributed by atoms with Crippen LogP contribution in [0.25, 0.3) is 0 Å². The number of nitrogens with one attached hydrogen (secondary N) is 1. The molecule has 2 saturated heterocycles. The summed E-state index contributed by atoms with van der Waals surface area (Å²) in [4.78, 5) is 18.8. The number of carbonyl (C=O) groups excluding carboxylic acids is 1. The molecule has 2 aliphatic rings. The molecule has 8 nitrogen and oxygen atoms in total. The minimum absolute atomic E-state index is 0.0548. The van der Waals surface area contributed by atoms with Crippen LogP contribution in [0, 0.1) is 11.3 Å². The molecule has 4 rings (SSSR count). The van der Waals surface area contributed by atoms with Crippen LogP contribution >= 0.6 is 11.8 Å². The van der Waals surface area contributed by atoms with Gasteiger partial charge in [0.15, 0.2) is 15.0 Å². The van der Waals surface area contributed by atoms with Crippen LogP contribution < -0.4 is 15.0 Å². The summed E-state index contributed by atoms with van der Waals surface area (Å²) in [6.45, 7) is 0.369. The molecule has 1 amide bonds. The van der Waals surface area contributed by atoms with Crippen molar-refractivity contribution in [2.24, 2.45) is 4.99 Å². The van der Waals surface area contributed by atoms with E-state index in [1.54, 1.807) is 7.11 Å². The van der Waals surface area contributed by atoms with Crippen molar-refractivity contribution >= 4 is 38.4 Å². The van der Waals surface area contributed by atoms with Crippen molar-refractivity contribution in [1.82, 2.24) is 5.32 Å². The van der Waals surface area contributed by atoms with E-state index in [4.69, 9.17) is 4.74 Å². The molecular weight excluding hydrogens is 472 g/mol. The number of methoxy groups -OCH3 is 1. The normalized spacial score (nSPS) is 22.3. The zero-order valence-electron chi connectivity index (χ0n) is 18.5. The molecule has 2 fully saturated rings. The van der Waals surface area contributed by atoms with Gasteiger partial charge in [-0.05, 0) is 36.2 Å². The third-order valence-electron chi connectivity index (χ3n) is 5.63. The van der Waals surface area contributed by atoms with E-state index in [9.17, 15) is 18.5 Å². The maximum absolute atomic E-state index is 12.5. The van der Waals surface area contributed by atoms with Crippen molar-refractivity contribution in [2.75, 3.05) is 30.1 Å². The lowest BCUT2D eigenvalue weighted by Gasteiger charge is -2.24. The highest BCUT2D eigenvalue weighted by molar-refractivity contribution is 8.16. The topological polar surface area (TPSA) is 112 Å². The SMILES string of the molecule is COc1ccc(CCNC(=O)/C(C#N)=C/N=C2S[C@@H]3CS(=O)(=O)C[C@@H]3N2c2ccccc2)cc1. The van der Waals surface area contributed by atoms with Crippen molar-refractivity contribution in [3.05, 3.63) is 71.9 Å². The Labute approximate surface area is 203 Å². The predicted octanol–water partition coefficient (Wildman–Crippen LogP) is 2.54. The number of hydrogen-bond donors (Lipinski definition) is 1. The molecule has 10 heteroatoms. The number of nitriles is 1. The summed E-state index contributed by atoms with van der Waals surface area (Å²) >= 11 is 1.37. The molecule has 2 atom stereocenters. The minimum Gasteiger partial charge on any atom is -0.497 e. The number of thioether (sulfide) groups is 1. The van der Waals surface area contributed by atoms with Crippen LogP contribution in [0.3, 0.4) is 0 Å². The first kappa shape index (κ1) is 23.9. The molecule has 2 aromatic carbocycles. The number of fused-ring (bicyclic) bond motifs is 1. The third-order valence-corrected chi connectivity index (χ3v) is 8.85.